The minimum atomic E-state index is -0.382. The lowest BCUT2D eigenvalue weighted by molar-refractivity contribution is -0.118. The van der Waals surface area contributed by atoms with Crippen molar-refractivity contribution in [2.24, 2.45) is 16.3 Å². The Morgan fingerprint density at radius 1 is 1.12 bits per heavy atom. The average Bonchev–Trinajstić information content (AvgIpc) is 3.09. The molecule has 1 unspecified atom stereocenters. The molecule has 2 aromatic carbocycles. The molecule has 6 nitrogen and oxygen atoms in total. The van der Waals surface area contributed by atoms with Crippen molar-refractivity contribution in [1.82, 2.24) is 0 Å². The molecule has 2 aromatic rings. The predicted molar refractivity (Wildman–Crippen MR) is 134 cm³/mol. The van der Waals surface area contributed by atoms with Crippen LogP contribution in [-0.4, -0.2) is 31.4 Å². The number of Topliss-reactive ketones (excluding diaryl/α,β-unsaturated/α-hetero) is 1. The van der Waals surface area contributed by atoms with E-state index < -0.39 is 0 Å². The maximum atomic E-state index is 13.6. The van der Waals surface area contributed by atoms with E-state index >= 15 is 0 Å². The number of anilines is 2. The second-order valence-corrected chi connectivity index (χ2v) is 10.6. The topological polar surface area (TPSA) is 62.2 Å². The molecule has 3 aliphatic rings. The van der Waals surface area contributed by atoms with Gasteiger partial charge in [0.15, 0.2) is 5.78 Å². The first-order valence-corrected chi connectivity index (χ1v) is 11.9. The van der Waals surface area contributed by atoms with Crippen LogP contribution < -0.4 is 9.80 Å². The Hall–Kier alpha value is -3.41. The van der Waals surface area contributed by atoms with Gasteiger partial charge in [0.2, 0.25) is 5.96 Å². The Balaban J connectivity index is 1.76. The fourth-order valence-corrected chi connectivity index (χ4v) is 5.36. The van der Waals surface area contributed by atoms with Crippen molar-refractivity contribution < 1.29 is 14.3 Å². The van der Waals surface area contributed by atoms with Gasteiger partial charge in [-0.05, 0) is 41.5 Å². The second kappa shape index (κ2) is 8.12. The summed E-state index contributed by atoms with van der Waals surface area (Å²) in [5.41, 5.74) is 4.92. The van der Waals surface area contributed by atoms with Gasteiger partial charge >= 0.3 is 5.97 Å². The highest BCUT2D eigenvalue weighted by Crippen LogP contribution is 2.52. The zero-order valence-electron chi connectivity index (χ0n) is 20.5. The molecular weight excluding hydrogens is 426 g/mol. The number of guanidine groups is 1. The second-order valence-electron chi connectivity index (χ2n) is 10.6. The molecule has 34 heavy (non-hydrogen) atoms. The lowest BCUT2D eigenvalue weighted by Gasteiger charge is -2.41. The van der Waals surface area contributed by atoms with Gasteiger partial charge in [0.1, 0.15) is 0 Å². The highest BCUT2D eigenvalue weighted by Gasteiger charge is 2.47. The first-order valence-electron chi connectivity index (χ1n) is 11.9. The third kappa shape index (κ3) is 3.61. The number of methoxy groups -OCH3 is 1. The number of nitrogens with zero attached hydrogens (tertiary/aromatic N) is 3. The summed E-state index contributed by atoms with van der Waals surface area (Å²) < 4.78 is 5.00. The number of rotatable bonds is 4. The number of benzene rings is 2. The van der Waals surface area contributed by atoms with Crippen molar-refractivity contribution in [1.29, 1.82) is 0 Å². The molecule has 0 spiro atoms. The molecule has 0 saturated heterocycles. The molecule has 2 heterocycles. The summed E-state index contributed by atoms with van der Waals surface area (Å²) in [5, 5.41) is 0. The normalized spacial score (nSPS) is 20.7. The number of ether oxygens (including phenoxy) is 1. The smallest absolute Gasteiger partial charge is 0.337 e. The number of carbonyl (C=O) groups is 2. The molecule has 1 aliphatic carbocycles. The monoisotopic (exact) mass is 457 g/mol. The summed E-state index contributed by atoms with van der Waals surface area (Å²) in [6.45, 7) is 9.41. The molecule has 176 valence electrons. The van der Waals surface area contributed by atoms with E-state index in [4.69, 9.17) is 9.73 Å². The summed E-state index contributed by atoms with van der Waals surface area (Å²) in [5.74, 6) is 0.984. The number of hydrogen-bond acceptors (Lipinski definition) is 6. The van der Waals surface area contributed by atoms with Gasteiger partial charge in [-0.2, -0.15) is 0 Å². The number of ketones is 1. The van der Waals surface area contributed by atoms with Gasteiger partial charge in [-0.25, -0.2) is 9.79 Å². The van der Waals surface area contributed by atoms with Crippen LogP contribution in [0, 0.1) is 11.3 Å². The van der Waals surface area contributed by atoms with Crippen molar-refractivity contribution in [3.8, 4) is 0 Å². The maximum absolute atomic E-state index is 13.6. The van der Waals surface area contributed by atoms with Crippen molar-refractivity contribution in [3.63, 3.8) is 0 Å². The Kier molecular flexibility index (Phi) is 5.34. The van der Waals surface area contributed by atoms with Crippen molar-refractivity contribution in [3.05, 3.63) is 70.9 Å². The predicted octanol–water partition coefficient (Wildman–Crippen LogP) is 5.51. The van der Waals surface area contributed by atoms with Gasteiger partial charge in [0, 0.05) is 18.5 Å². The van der Waals surface area contributed by atoms with Crippen LogP contribution in [0.5, 0.6) is 0 Å². The molecule has 0 bridgehead atoms. The van der Waals surface area contributed by atoms with Crippen LogP contribution in [0.15, 0.2) is 64.8 Å². The Labute approximate surface area is 200 Å². The maximum Gasteiger partial charge on any atom is 0.337 e. The van der Waals surface area contributed by atoms with Crippen molar-refractivity contribution in [2.75, 3.05) is 23.5 Å². The van der Waals surface area contributed by atoms with Crippen molar-refractivity contribution in [2.45, 2.75) is 46.6 Å². The largest absolute Gasteiger partial charge is 0.465 e. The van der Waals surface area contributed by atoms with E-state index in [1.165, 1.54) is 7.11 Å². The molecule has 0 aromatic heterocycles. The SMILES string of the molecule is COC(=O)c1ccc2c(c1)N1C(=NC3=C(C(=O)CC(C)(C)C3)C1c1ccccc1)N2CC(C)C. The minimum absolute atomic E-state index is 0.129. The van der Waals surface area contributed by atoms with Gasteiger partial charge in [-0.3, -0.25) is 9.69 Å². The average molecular weight is 458 g/mol. The van der Waals surface area contributed by atoms with Gasteiger partial charge in [-0.1, -0.05) is 58.0 Å². The van der Waals surface area contributed by atoms with Crippen LogP contribution >= 0.6 is 0 Å². The third-order valence-electron chi connectivity index (χ3n) is 6.73. The Bertz CT molecular complexity index is 1230. The van der Waals surface area contributed by atoms with Gasteiger partial charge < -0.3 is 9.64 Å². The fourth-order valence-electron chi connectivity index (χ4n) is 5.36. The van der Waals surface area contributed by atoms with E-state index in [0.717, 1.165) is 47.1 Å². The van der Waals surface area contributed by atoms with Crippen LogP contribution in [-0.2, 0) is 9.53 Å². The summed E-state index contributed by atoms with van der Waals surface area (Å²) >= 11 is 0. The standard InChI is InChI=1S/C28H31N3O3/c1-17(2)16-30-21-12-11-19(26(33)34-5)13-22(21)31-25(18-9-7-6-8-10-18)24-20(29-27(30)31)14-28(3,4)15-23(24)32/h6-13,17,25H,14-16H2,1-5H3. The number of allylic oxidation sites excluding steroid dienone is 1. The first kappa shape index (κ1) is 22.4. The van der Waals surface area contributed by atoms with E-state index in [1.54, 1.807) is 6.07 Å². The van der Waals surface area contributed by atoms with Crippen LogP contribution in [0.1, 0.15) is 62.5 Å². The molecule has 0 fully saturated rings. The Morgan fingerprint density at radius 3 is 2.53 bits per heavy atom. The van der Waals surface area contributed by atoms with Gasteiger partial charge in [0.25, 0.3) is 0 Å². The molecule has 2 aliphatic heterocycles. The molecule has 0 N–H and O–H groups in total. The molecule has 5 rings (SSSR count). The van der Waals surface area contributed by atoms with E-state index in [9.17, 15) is 9.59 Å². The lowest BCUT2D eigenvalue weighted by atomic mass is 9.73. The van der Waals surface area contributed by atoms with Crippen LogP contribution in [0.2, 0.25) is 0 Å². The van der Waals surface area contributed by atoms with E-state index in [2.05, 4.69) is 49.6 Å². The molecule has 0 amide bonds. The minimum Gasteiger partial charge on any atom is -0.465 e. The Morgan fingerprint density at radius 2 is 1.85 bits per heavy atom. The van der Waals surface area contributed by atoms with E-state index in [-0.39, 0.29) is 23.2 Å². The number of carbonyl (C=O) groups excluding carboxylic acids is 2. The summed E-state index contributed by atoms with van der Waals surface area (Å²) in [6, 6.07) is 15.5. The number of fused-ring (bicyclic) bond motifs is 3. The highest BCUT2D eigenvalue weighted by atomic mass is 16.5. The third-order valence-corrected chi connectivity index (χ3v) is 6.73. The zero-order valence-corrected chi connectivity index (χ0v) is 20.5. The number of aliphatic imine (C=N–C) groups is 1. The summed E-state index contributed by atoms with van der Waals surface area (Å²) in [4.78, 5) is 35.5. The molecule has 0 radical (unpaired) electrons. The molecule has 6 heteroatoms. The number of esters is 1. The van der Waals surface area contributed by atoms with Crippen LogP contribution in [0.3, 0.4) is 0 Å². The number of hydrogen-bond donors (Lipinski definition) is 0. The zero-order chi connectivity index (χ0) is 24.2. The highest BCUT2D eigenvalue weighted by molar-refractivity contribution is 6.20. The van der Waals surface area contributed by atoms with Gasteiger partial charge in [-0.15, -0.1) is 0 Å². The summed E-state index contributed by atoms with van der Waals surface area (Å²) in [7, 11) is 1.39. The van der Waals surface area contributed by atoms with E-state index in [1.807, 2.05) is 30.3 Å². The quantitative estimate of drug-likeness (QED) is 0.567. The first-order chi connectivity index (χ1) is 16.2. The molecular formula is C28H31N3O3. The fraction of sp³-hybridized carbons (Fsp3) is 0.393. The van der Waals surface area contributed by atoms with Gasteiger partial charge in [0.05, 0.1) is 35.8 Å². The summed E-state index contributed by atoms with van der Waals surface area (Å²) in [6.07, 6.45) is 1.26. The van der Waals surface area contributed by atoms with Crippen LogP contribution in [0.25, 0.3) is 0 Å². The van der Waals surface area contributed by atoms with Crippen LogP contribution in [0.4, 0.5) is 11.4 Å². The lowest BCUT2D eigenvalue weighted by Crippen LogP contribution is -2.47. The molecule has 1 atom stereocenters. The van der Waals surface area contributed by atoms with E-state index in [0.29, 0.717) is 17.9 Å². The van der Waals surface area contributed by atoms with Crippen molar-refractivity contribution >= 4 is 29.1 Å². The molecule has 0 saturated carbocycles.